The van der Waals surface area contributed by atoms with Crippen LogP contribution >= 0.6 is 0 Å². The molecule has 4 heterocycles. The Hall–Kier alpha value is -11.3. The second-order valence-corrected chi connectivity index (χ2v) is 33.3. The molecule has 3 aliphatic carbocycles. The van der Waals surface area contributed by atoms with Crippen LogP contribution in [0.1, 0.15) is 170 Å². The summed E-state index contributed by atoms with van der Waals surface area (Å²) in [4.78, 5) is 33.3. The van der Waals surface area contributed by atoms with Crippen LogP contribution in [-0.4, -0.2) is 121 Å². The maximum Gasteiger partial charge on any atom is 0.304 e. The predicted molar refractivity (Wildman–Crippen MR) is 419 cm³/mol. The summed E-state index contributed by atoms with van der Waals surface area (Å²) in [7, 11) is -3.10. The number of aryl methyl sites for hydroxylation is 1. The van der Waals surface area contributed by atoms with Gasteiger partial charge in [-0.1, -0.05) is 30.3 Å². The van der Waals surface area contributed by atoms with E-state index in [1.54, 1.807) is 74.5 Å². The van der Waals surface area contributed by atoms with Crippen LogP contribution < -0.4 is 52.1 Å². The Morgan fingerprint density at radius 1 is 0.475 bits per heavy atom. The van der Waals surface area contributed by atoms with Crippen LogP contribution in [0.15, 0.2) is 152 Å². The molecule has 0 bridgehead atoms. The number of ether oxygens (including phenoxy) is 12. The van der Waals surface area contributed by atoms with Crippen LogP contribution in [0.5, 0.6) is 80.5 Å². The van der Waals surface area contributed by atoms with E-state index in [4.69, 9.17) is 72.2 Å². The highest BCUT2D eigenvalue weighted by Gasteiger charge is 2.38. The molecule has 0 aromatic heterocycles. The zero-order valence-corrected chi connectivity index (χ0v) is 65.7. The molecule has 7 aliphatic rings. The Kier molecular flexibility index (Phi) is 25.3. The normalized spacial score (nSPS) is 18.8. The molecule has 0 saturated carbocycles. The predicted octanol–water partition coefficient (Wildman–Crippen LogP) is 17.6. The van der Waals surface area contributed by atoms with E-state index in [0.29, 0.717) is 163 Å². The Morgan fingerprint density at radius 3 is 1.23 bits per heavy atom. The second-order valence-electron chi connectivity index (χ2n) is 31.1. The van der Waals surface area contributed by atoms with Crippen molar-refractivity contribution in [2.75, 3.05) is 58.3 Å². The van der Waals surface area contributed by atoms with E-state index in [1.807, 2.05) is 30.3 Å². The molecule has 9 aromatic carbocycles. The van der Waals surface area contributed by atoms with Gasteiger partial charge in [-0.15, -0.1) is 0 Å². The fraction of sp³-hybridized carbons (Fsp3) is 0.367. The summed E-state index contributed by atoms with van der Waals surface area (Å²) in [5.41, 5.74) is 5.06. The maximum absolute atomic E-state index is 15.0. The van der Waals surface area contributed by atoms with Gasteiger partial charge in [0.1, 0.15) is 127 Å². The maximum atomic E-state index is 15.0. The Balaban J connectivity index is 0.000000146. The van der Waals surface area contributed by atoms with Crippen molar-refractivity contribution in [1.82, 2.24) is 0 Å². The number of aliphatic hydroxyl groups is 2. The van der Waals surface area contributed by atoms with Gasteiger partial charge in [-0.25, -0.2) is 30.4 Å². The lowest BCUT2D eigenvalue weighted by molar-refractivity contribution is -0.138. The van der Waals surface area contributed by atoms with E-state index in [1.165, 1.54) is 54.6 Å². The highest BCUT2D eigenvalue weighted by atomic mass is 32.2. The summed E-state index contributed by atoms with van der Waals surface area (Å²) in [6.45, 7) is 5.54. The molecule has 0 spiro atoms. The van der Waals surface area contributed by atoms with E-state index in [9.17, 15) is 50.6 Å². The number of hydrogen-bond acceptors (Lipinski definition) is 19. The number of carboxylic acids is 3. The van der Waals surface area contributed by atoms with E-state index in [0.717, 1.165) is 46.6 Å². The van der Waals surface area contributed by atoms with Crippen LogP contribution in [0, 0.1) is 29.1 Å². The van der Waals surface area contributed by atoms with Crippen molar-refractivity contribution in [2.45, 2.75) is 151 Å². The average Bonchev–Trinajstić information content (AvgIpc) is 1.62. The number of aliphatic carboxylic acids is 3. The van der Waals surface area contributed by atoms with Gasteiger partial charge in [0.15, 0.2) is 23.1 Å². The van der Waals surface area contributed by atoms with Gasteiger partial charge >= 0.3 is 17.9 Å². The van der Waals surface area contributed by atoms with Crippen molar-refractivity contribution >= 4 is 27.7 Å². The lowest BCUT2D eigenvalue weighted by Crippen LogP contribution is -2.41. The molecule has 1 saturated heterocycles. The van der Waals surface area contributed by atoms with Crippen LogP contribution in [0.4, 0.5) is 22.0 Å². The van der Waals surface area contributed by atoms with E-state index in [-0.39, 0.29) is 104 Å². The number of carboxylic acid groups (broad SMARTS) is 3. The van der Waals surface area contributed by atoms with Gasteiger partial charge in [0.25, 0.3) is 0 Å². The monoisotopic (exact) mass is 1650 g/mol. The van der Waals surface area contributed by atoms with Crippen molar-refractivity contribution in [2.24, 2.45) is 0 Å². The molecule has 0 unspecified atom stereocenters. The number of rotatable bonds is 29. The van der Waals surface area contributed by atoms with Gasteiger partial charge in [-0.3, -0.25) is 14.4 Å². The number of halogens is 5. The lowest BCUT2D eigenvalue weighted by Gasteiger charge is -2.31. The first-order chi connectivity index (χ1) is 56.5. The van der Waals surface area contributed by atoms with Crippen molar-refractivity contribution in [3.8, 4) is 80.5 Å². The summed E-state index contributed by atoms with van der Waals surface area (Å²) in [6, 6.07) is 40.4. The first-order valence-electron chi connectivity index (χ1n) is 39.1. The van der Waals surface area contributed by atoms with Crippen molar-refractivity contribution in [3.63, 3.8) is 0 Å². The molecular formula is C90H89F5O22S. The first-order valence-corrected chi connectivity index (χ1v) is 41.1. The molecule has 9 aromatic rings. The molecule has 6 atom stereocenters. The van der Waals surface area contributed by atoms with Gasteiger partial charge < -0.3 is 82.4 Å². The number of carbonyl (C=O) groups is 3. The molecule has 0 radical (unpaired) electrons. The van der Waals surface area contributed by atoms with Gasteiger partial charge in [-0.05, 0) is 168 Å². The number of sulfone groups is 1. The largest absolute Gasteiger partial charge is 0.493 e. The zero-order chi connectivity index (χ0) is 83.2. The molecule has 22 nitrogen and oxygen atoms in total. The molecule has 1 fully saturated rings. The quantitative estimate of drug-likeness (QED) is 0.0215. The summed E-state index contributed by atoms with van der Waals surface area (Å²) in [6.07, 6.45) is 5.22. The van der Waals surface area contributed by atoms with Crippen LogP contribution in [0.2, 0.25) is 0 Å². The minimum atomic E-state index is -3.10. The SMILES string of the molecule is CC(C)(O)CCc1ccc(Oc2ccc(F)c3c2CC[C@H]3Oc2ccc3c(c2)OC[C@H]3CC(=O)O)cc1.CS(=O)(=O)CCCOc1ccc(Oc2ccc(F)c3c2CC[C@H]3Oc2ccc3c(c2)OC[C@H]3CC(=O)O)c(F)c1.O=C(O)C[C@@H]1COc2cc(O[C@@H]3CCc4c(Oc5ccc(OCC6(O)CCOCC6)cc5F)ccc(F)c43)ccc21. The Bertz CT molecular complexity index is 5320. The third kappa shape index (κ3) is 20.4. The minimum Gasteiger partial charge on any atom is -0.493 e. The molecule has 622 valence electrons. The summed E-state index contributed by atoms with van der Waals surface area (Å²) >= 11 is 0. The molecular weight excluding hydrogens is 1560 g/mol. The van der Waals surface area contributed by atoms with Gasteiger partial charge in [0.2, 0.25) is 0 Å². The van der Waals surface area contributed by atoms with Crippen molar-refractivity contribution in [1.29, 1.82) is 0 Å². The first kappa shape index (κ1) is 83.2. The molecule has 0 amide bonds. The summed E-state index contributed by atoms with van der Waals surface area (Å²) in [5.74, 6) is -0.280. The molecule has 118 heavy (non-hydrogen) atoms. The molecule has 4 aliphatic heterocycles. The van der Waals surface area contributed by atoms with Gasteiger partial charge in [0, 0.05) is 130 Å². The molecule has 5 N–H and O–H groups in total. The van der Waals surface area contributed by atoms with Gasteiger partial charge in [0.05, 0.1) is 57.0 Å². The van der Waals surface area contributed by atoms with Crippen LogP contribution in [-0.2, 0) is 54.6 Å². The average molecular weight is 1650 g/mol. The highest BCUT2D eigenvalue weighted by Crippen LogP contribution is 2.50. The highest BCUT2D eigenvalue weighted by molar-refractivity contribution is 7.90. The van der Waals surface area contributed by atoms with E-state index in [2.05, 4.69) is 0 Å². The van der Waals surface area contributed by atoms with E-state index >= 15 is 4.39 Å². The van der Waals surface area contributed by atoms with Crippen LogP contribution in [0.3, 0.4) is 0 Å². The van der Waals surface area contributed by atoms with E-state index < -0.39 is 80.5 Å². The minimum absolute atomic E-state index is 0.0146. The third-order valence-electron chi connectivity index (χ3n) is 21.7. The smallest absolute Gasteiger partial charge is 0.304 e. The number of hydrogen-bond donors (Lipinski definition) is 5. The summed E-state index contributed by atoms with van der Waals surface area (Å²) < 4.78 is 167. The van der Waals surface area contributed by atoms with Crippen LogP contribution in [0.25, 0.3) is 0 Å². The topological polar surface area (TPSA) is 297 Å². The van der Waals surface area contributed by atoms with Gasteiger partial charge in [-0.2, -0.15) is 0 Å². The zero-order valence-electron chi connectivity index (χ0n) is 64.9. The summed E-state index contributed by atoms with van der Waals surface area (Å²) in [5, 5.41) is 47.8. The molecule has 28 heteroatoms. The Labute approximate surface area is 677 Å². The number of fused-ring (bicyclic) bond motifs is 6. The fourth-order valence-electron chi connectivity index (χ4n) is 15.7. The standard InChI is InChI=1S/C31H30F2O8.C30H31FO6.C29H28F2O8S/c32-23-5-8-25(41-26-6-2-19(14-24(26)33)39-17-31(36)9-11-37-12-10-31)22-4-7-27(30(22)23)40-20-1-3-21-18(13-29(34)35)16-38-28(21)15-20;1-30(2,34)14-13-18-3-5-20(6-4-18)36-25-12-10-24(31)29-23(25)9-11-26(29)37-21-7-8-22-19(15-28(32)33)17-35-27(22)16-21;1-40(34,35)12-2-11-36-18-4-8-25(23(31)14-18)39-24-10-7-22(30)29-21(24)6-9-26(29)38-19-3-5-20-17(13-28(32)33)16-37-27(20)15-19/h1-3,5-6,8,14-15,18,27,36H,4,7,9-13,16-17H2,(H,34,35);3-8,10,12,16,19,26,34H,9,11,13-15,17H2,1-2H3,(H,32,33);3-5,7-8,10,14-15,17,26H,2,6,9,11-13,16H2,1H3,(H,32,33)/t18-,27-;19-,26-;17-,26-/m111/s1. The Morgan fingerprint density at radius 2 is 0.847 bits per heavy atom. The van der Waals surface area contributed by atoms with Crippen molar-refractivity contribution in [3.05, 3.63) is 236 Å². The van der Waals surface area contributed by atoms with Crippen molar-refractivity contribution < 1.29 is 127 Å². The molecule has 16 rings (SSSR count). The fourth-order valence-corrected chi connectivity index (χ4v) is 16.3. The second kappa shape index (κ2) is 35.9. The lowest BCUT2D eigenvalue weighted by atomic mass is 9.96. The number of benzene rings is 9. The third-order valence-corrected chi connectivity index (χ3v) is 22.7.